The number of benzene rings is 5. The second-order valence-electron chi connectivity index (χ2n) is 9.69. The second-order valence-corrected chi connectivity index (χ2v) is 19.3. The summed E-state index contributed by atoms with van der Waals surface area (Å²) in [6, 6.07) is 44.4. The Bertz CT molecular complexity index is 1420. The fourth-order valence-corrected chi connectivity index (χ4v) is 17.3. The Morgan fingerprint density at radius 2 is 1.00 bits per heavy atom. The van der Waals surface area contributed by atoms with Crippen LogP contribution in [0, 0.1) is 20.8 Å². The summed E-state index contributed by atoms with van der Waals surface area (Å²) in [5, 5.41) is 0. The number of ether oxygens (including phenoxy) is 1. The van der Waals surface area contributed by atoms with Gasteiger partial charge < -0.3 is 0 Å². The van der Waals surface area contributed by atoms with Gasteiger partial charge in [-0.3, -0.25) is 0 Å². The number of methoxy groups -OCH3 is 1. The molecule has 0 saturated carbocycles. The van der Waals surface area contributed by atoms with E-state index < -0.39 is 18.8 Å². The van der Waals surface area contributed by atoms with Gasteiger partial charge in [0.05, 0.1) is 0 Å². The standard InChI is InChI=1S/C14H12NO.3C7H7.Sb/c1-16-14-9-7-13(8-10-14)15-11-12-5-3-2-4-6-12;3*1-7-5-3-2-4-6-7;/h2-5,7-11H,1H3;3*3-6H,1H3;/q;;;;+1. The van der Waals surface area contributed by atoms with Crippen LogP contribution in [0.15, 0.2) is 126 Å². The van der Waals surface area contributed by atoms with Crippen molar-refractivity contribution in [3.05, 3.63) is 144 Å². The Kier molecular flexibility index (Phi) is 7.82. The molecular formula is C35H33NOSb+. The molecule has 5 aromatic rings. The summed E-state index contributed by atoms with van der Waals surface area (Å²) in [7, 11) is 1.68. The van der Waals surface area contributed by atoms with Crippen molar-refractivity contribution in [2.45, 2.75) is 20.8 Å². The Morgan fingerprint density at radius 3 is 1.45 bits per heavy atom. The van der Waals surface area contributed by atoms with E-state index in [2.05, 4.69) is 118 Å². The van der Waals surface area contributed by atoms with Crippen LogP contribution >= 0.6 is 0 Å². The van der Waals surface area contributed by atoms with Gasteiger partial charge in [0, 0.05) is 0 Å². The Balaban J connectivity index is 1.79. The van der Waals surface area contributed by atoms with Gasteiger partial charge in [0.15, 0.2) is 0 Å². The van der Waals surface area contributed by atoms with Gasteiger partial charge in [0.25, 0.3) is 0 Å². The quantitative estimate of drug-likeness (QED) is 0.171. The molecule has 0 heterocycles. The zero-order valence-corrected chi connectivity index (χ0v) is 25.0. The molecule has 5 aromatic carbocycles. The van der Waals surface area contributed by atoms with Crippen LogP contribution in [0.25, 0.3) is 0 Å². The average molecular weight is 605 g/mol. The summed E-state index contributed by atoms with van der Waals surface area (Å²) in [4.78, 5) is 4.90. The van der Waals surface area contributed by atoms with Crippen molar-refractivity contribution >= 4 is 44.7 Å². The van der Waals surface area contributed by atoms with E-state index in [0.717, 1.165) is 17.0 Å². The monoisotopic (exact) mass is 604 g/mol. The third kappa shape index (κ3) is 5.19. The maximum absolute atomic E-state index is 5.32. The summed E-state index contributed by atoms with van der Waals surface area (Å²) in [6.07, 6.45) is 2.04. The number of nitrogens with zero attached hydrogens (tertiary/aromatic N) is 1. The molecule has 0 unspecified atom stereocenters. The van der Waals surface area contributed by atoms with Crippen LogP contribution in [0.5, 0.6) is 5.75 Å². The van der Waals surface area contributed by atoms with Gasteiger partial charge in [0.2, 0.25) is 0 Å². The van der Waals surface area contributed by atoms with Crippen molar-refractivity contribution in [1.29, 1.82) is 0 Å². The summed E-state index contributed by atoms with van der Waals surface area (Å²) in [6.45, 7) is 6.48. The van der Waals surface area contributed by atoms with E-state index in [1.165, 1.54) is 30.7 Å². The first-order valence-corrected chi connectivity index (χ1v) is 18.0. The van der Waals surface area contributed by atoms with Crippen molar-refractivity contribution in [3.8, 4) is 5.75 Å². The molecule has 5 rings (SSSR count). The third-order valence-electron chi connectivity index (χ3n) is 6.99. The molecule has 0 aliphatic rings. The zero-order valence-electron chi connectivity index (χ0n) is 22.4. The van der Waals surface area contributed by atoms with Crippen LogP contribution in [-0.2, 0) is 0 Å². The topological polar surface area (TPSA) is 21.6 Å². The van der Waals surface area contributed by atoms with Crippen molar-refractivity contribution in [3.63, 3.8) is 0 Å². The average Bonchev–Trinajstić information content (AvgIpc) is 2.96. The van der Waals surface area contributed by atoms with Gasteiger partial charge in [-0.2, -0.15) is 0 Å². The van der Waals surface area contributed by atoms with Crippen LogP contribution in [0.1, 0.15) is 22.3 Å². The molecule has 0 bridgehead atoms. The van der Waals surface area contributed by atoms with Crippen molar-refractivity contribution in [2.24, 2.45) is 4.99 Å². The van der Waals surface area contributed by atoms with Gasteiger partial charge in [0.1, 0.15) is 0 Å². The first-order chi connectivity index (χ1) is 18.5. The summed E-state index contributed by atoms with van der Waals surface area (Å²) < 4.78 is 11.0. The molecule has 38 heavy (non-hydrogen) atoms. The Hall–Kier alpha value is -3.61. The minimum atomic E-state index is -3.62. The SMILES string of the molecule is COc1ccc(N=Cc2cccc[c]2[Sb+]([c]2ccc(C)cc2)([c]2ccc(C)cc2)[c]2ccc(C)cc2)cc1. The van der Waals surface area contributed by atoms with E-state index >= 15 is 0 Å². The third-order valence-corrected chi connectivity index (χ3v) is 19.4. The van der Waals surface area contributed by atoms with Crippen LogP contribution in [0.4, 0.5) is 5.69 Å². The van der Waals surface area contributed by atoms with E-state index in [9.17, 15) is 0 Å². The molecule has 0 aromatic heterocycles. The molecule has 2 nitrogen and oxygen atoms in total. The van der Waals surface area contributed by atoms with Gasteiger partial charge in [-0.05, 0) is 0 Å². The second kappa shape index (κ2) is 11.4. The molecular weight excluding hydrogens is 572 g/mol. The first kappa shape index (κ1) is 26.0. The molecule has 0 spiro atoms. The number of hydrogen-bond donors (Lipinski definition) is 0. The first-order valence-electron chi connectivity index (χ1n) is 12.9. The van der Waals surface area contributed by atoms with Crippen LogP contribution in [0.2, 0.25) is 0 Å². The number of hydrogen-bond acceptors (Lipinski definition) is 2. The Morgan fingerprint density at radius 1 is 0.553 bits per heavy atom. The predicted molar refractivity (Wildman–Crippen MR) is 165 cm³/mol. The fourth-order valence-electron chi connectivity index (χ4n) is 4.88. The minimum absolute atomic E-state index is 0.831. The van der Waals surface area contributed by atoms with Gasteiger partial charge in [-0.25, -0.2) is 0 Å². The molecule has 0 fully saturated rings. The van der Waals surface area contributed by atoms with E-state index in [1.54, 1.807) is 7.11 Å². The van der Waals surface area contributed by atoms with Gasteiger partial charge >= 0.3 is 232 Å². The fraction of sp³-hybridized carbons (Fsp3) is 0.114. The van der Waals surface area contributed by atoms with E-state index in [4.69, 9.17) is 9.73 Å². The molecule has 0 saturated heterocycles. The normalized spacial score (nSPS) is 11.6. The number of aliphatic imine (C=N–C) groups is 1. The summed E-state index contributed by atoms with van der Waals surface area (Å²) >= 11 is -3.62. The van der Waals surface area contributed by atoms with E-state index in [0.29, 0.717) is 0 Å². The van der Waals surface area contributed by atoms with Crippen molar-refractivity contribution in [1.82, 2.24) is 0 Å². The van der Waals surface area contributed by atoms with E-state index in [-0.39, 0.29) is 0 Å². The van der Waals surface area contributed by atoms with Gasteiger partial charge in [-0.15, -0.1) is 0 Å². The summed E-state index contributed by atoms with van der Waals surface area (Å²) in [5.74, 6) is 0.831. The van der Waals surface area contributed by atoms with E-state index in [1.807, 2.05) is 30.5 Å². The molecule has 3 heteroatoms. The van der Waals surface area contributed by atoms with Crippen LogP contribution in [0.3, 0.4) is 0 Å². The predicted octanol–water partition coefficient (Wildman–Crippen LogP) is 5.75. The zero-order chi connectivity index (χ0) is 26.5. The molecule has 0 radical (unpaired) electrons. The molecule has 188 valence electrons. The molecule has 0 aliphatic heterocycles. The summed E-state index contributed by atoms with van der Waals surface area (Å²) in [5.41, 5.74) is 5.88. The van der Waals surface area contributed by atoms with Crippen LogP contribution in [-0.4, -0.2) is 32.1 Å². The molecule has 0 amide bonds. The number of aryl methyl sites for hydroxylation is 3. The maximum atomic E-state index is 5.32. The van der Waals surface area contributed by atoms with Crippen LogP contribution < -0.4 is 18.8 Å². The number of rotatable bonds is 7. The molecule has 0 aliphatic carbocycles. The molecule has 0 atom stereocenters. The Labute approximate surface area is 230 Å². The van der Waals surface area contributed by atoms with Crippen molar-refractivity contribution in [2.75, 3.05) is 7.11 Å². The van der Waals surface area contributed by atoms with Gasteiger partial charge in [-0.1, -0.05) is 0 Å². The molecule has 0 N–H and O–H groups in total. The van der Waals surface area contributed by atoms with Crippen molar-refractivity contribution < 1.29 is 4.74 Å².